The SMILES string of the molecule is C[C@H]1CC(c2ncncc2Cl)=CCN1C(=O)Nc1ccccc1. The number of anilines is 1. The van der Waals surface area contributed by atoms with Crippen LogP contribution >= 0.6 is 11.6 Å². The van der Waals surface area contributed by atoms with Crippen LogP contribution in [0.3, 0.4) is 0 Å². The molecule has 1 atom stereocenters. The van der Waals surface area contributed by atoms with E-state index in [2.05, 4.69) is 15.3 Å². The Morgan fingerprint density at radius 2 is 2.13 bits per heavy atom. The van der Waals surface area contributed by atoms with Gasteiger partial charge in [-0.25, -0.2) is 14.8 Å². The maximum atomic E-state index is 12.4. The molecule has 0 spiro atoms. The molecule has 0 fully saturated rings. The maximum absolute atomic E-state index is 12.4. The van der Waals surface area contributed by atoms with Crippen LogP contribution in [0.5, 0.6) is 0 Å². The zero-order valence-corrected chi connectivity index (χ0v) is 13.5. The number of benzene rings is 1. The molecule has 5 nitrogen and oxygen atoms in total. The average Bonchev–Trinajstić information content (AvgIpc) is 2.56. The van der Waals surface area contributed by atoms with Crippen molar-refractivity contribution in [1.82, 2.24) is 14.9 Å². The molecule has 1 aromatic heterocycles. The molecule has 118 valence electrons. The fraction of sp³-hybridized carbons (Fsp3) is 0.235. The van der Waals surface area contributed by atoms with Gasteiger partial charge < -0.3 is 10.2 Å². The van der Waals surface area contributed by atoms with Gasteiger partial charge in [-0.3, -0.25) is 0 Å². The Kier molecular flexibility index (Phi) is 4.57. The van der Waals surface area contributed by atoms with Crippen molar-refractivity contribution in [3.63, 3.8) is 0 Å². The first-order valence-electron chi connectivity index (χ1n) is 7.42. The molecule has 0 aliphatic carbocycles. The number of carbonyl (C=O) groups is 1. The van der Waals surface area contributed by atoms with Crippen molar-refractivity contribution >= 4 is 28.9 Å². The lowest BCUT2D eigenvalue weighted by Gasteiger charge is -2.33. The molecule has 0 radical (unpaired) electrons. The lowest BCUT2D eigenvalue weighted by atomic mass is 9.99. The molecule has 6 heteroatoms. The molecule has 1 aliphatic rings. The fourth-order valence-electron chi connectivity index (χ4n) is 2.64. The first kappa shape index (κ1) is 15.5. The van der Waals surface area contributed by atoms with Gasteiger partial charge in [0.1, 0.15) is 6.33 Å². The highest BCUT2D eigenvalue weighted by molar-refractivity contribution is 6.32. The molecule has 1 N–H and O–H groups in total. The van der Waals surface area contributed by atoms with E-state index >= 15 is 0 Å². The number of nitrogens with one attached hydrogen (secondary N) is 1. The predicted octanol–water partition coefficient (Wildman–Crippen LogP) is 3.84. The predicted molar refractivity (Wildman–Crippen MR) is 91.3 cm³/mol. The van der Waals surface area contributed by atoms with E-state index in [9.17, 15) is 4.79 Å². The summed E-state index contributed by atoms with van der Waals surface area (Å²) < 4.78 is 0. The van der Waals surface area contributed by atoms with Crippen LogP contribution in [0.2, 0.25) is 5.02 Å². The van der Waals surface area contributed by atoms with Gasteiger partial charge in [0.05, 0.1) is 10.7 Å². The molecule has 1 aromatic carbocycles. The van der Waals surface area contributed by atoms with Gasteiger partial charge in [0.25, 0.3) is 0 Å². The first-order chi connectivity index (χ1) is 11.1. The number of aromatic nitrogens is 2. The summed E-state index contributed by atoms with van der Waals surface area (Å²) in [7, 11) is 0. The summed E-state index contributed by atoms with van der Waals surface area (Å²) >= 11 is 6.15. The van der Waals surface area contributed by atoms with Gasteiger partial charge in [0.15, 0.2) is 0 Å². The second-order valence-corrected chi connectivity index (χ2v) is 5.86. The number of nitrogens with zero attached hydrogens (tertiary/aromatic N) is 3. The van der Waals surface area contributed by atoms with Crippen LogP contribution in [0.15, 0.2) is 48.9 Å². The third-order valence-electron chi connectivity index (χ3n) is 3.84. The number of carbonyl (C=O) groups excluding carboxylic acids is 1. The largest absolute Gasteiger partial charge is 0.322 e. The van der Waals surface area contributed by atoms with Crippen molar-refractivity contribution in [2.24, 2.45) is 0 Å². The normalized spacial score (nSPS) is 17.6. The molecule has 2 aromatic rings. The number of hydrogen-bond donors (Lipinski definition) is 1. The molecule has 2 amide bonds. The summed E-state index contributed by atoms with van der Waals surface area (Å²) in [6, 6.07) is 9.40. The van der Waals surface area contributed by atoms with Gasteiger partial charge in [0, 0.05) is 24.5 Å². The smallest absolute Gasteiger partial charge is 0.318 e. The van der Waals surface area contributed by atoms with Crippen molar-refractivity contribution < 1.29 is 4.79 Å². The lowest BCUT2D eigenvalue weighted by Crippen LogP contribution is -2.43. The highest BCUT2D eigenvalue weighted by atomic mass is 35.5. The summed E-state index contributed by atoms with van der Waals surface area (Å²) in [5, 5.41) is 3.45. The van der Waals surface area contributed by atoms with Crippen LogP contribution in [0.4, 0.5) is 10.5 Å². The van der Waals surface area contributed by atoms with Crippen LogP contribution in [0.1, 0.15) is 19.0 Å². The van der Waals surface area contributed by atoms with E-state index in [0.29, 0.717) is 18.0 Å². The molecule has 2 heterocycles. The summed E-state index contributed by atoms with van der Waals surface area (Å²) in [6.07, 6.45) is 5.78. The first-order valence-corrected chi connectivity index (χ1v) is 7.80. The van der Waals surface area contributed by atoms with E-state index in [1.165, 1.54) is 6.33 Å². The zero-order chi connectivity index (χ0) is 16.2. The van der Waals surface area contributed by atoms with Crippen molar-refractivity contribution in [1.29, 1.82) is 0 Å². The van der Waals surface area contributed by atoms with Crippen LogP contribution in [0, 0.1) is 0 Å². The number of urea groups is 1. The van der Waals surface area contributed by atoms with Gasteiger partial charge in [-0.1, -0.05) is 35.9 Å². The summed E-state index contributed by atoms with van der Waals surface area (Å²) in [5.74, 6) is 0. The third-order valence-corrected chi connectivity index (χ3v) is 4.12. The minimum absolute atomic E-state index is 0.0599. The van der Waals surface area contributed by atoms with Crippen molar-refractivity contribution in [2.75, 3.05) is 11.9 Å². The Labute approximate surface area is 140 Å². The minimum atomic E-state index is -0.104. The molecule has 0 unspecified atom stereocenters. The molecule has 0 saturated heterocycles. The Morgan fingerprint density at radius 3 is 2.83 bits per heavy atom. The van der Waals surface area contributed by atoms with Gasteiger partial charge in [-0.05, 0) is 31.1 Å². The summed E-state index contributed by atoms with van der Waals surface area (Å²) in [4.78, 5) is 22.4. The molecule has 0 saturated carbocycles. The zero-order valence-electron chi connectivity index (χ0n) is 12.7. The lowest BCUT2D eigenvalue weighted by molar-refractivity contribution is 0.198. The van der Waals surface area contributed by atoms with Gasteiger partial charge in [-0.15, -0.1) is 0 Å². The summed E-state index contributed by atoms with van der Waals surface area (Å²) in [6.45, 7) is 2.54. The van der Waals surface area contributed by atoms with Crippen molar-refractivity contribution in [3.05, 3.63) is 59.6 Å². The number of rotatable bonds is 2. The number of para-hydroxylation sites is 1. The van der Waals surface area contributed by atoms with Gasteiger partial charge >= 0.3 is 6.03 Å². The Hall–Kier alpha value is -2.40. The fourth-order valence-corrected chi connectivity index (χ4v) is 2.87. The molecule has 23 heavy (non-hydrogen) atoms. The standard InChI is InChI=1S/C17H17ClN4O/c1-12-9-13(16-15(18)10-19-11-20-16)7-8-22(12)17(23)21-14-5-3-2-4-6-14/h2-7,10-12H,8-9H2,1H3,(H,21,23)/t12-/m0/s1. The van der Waals surface area contributed by atoms with Crippen molar-refractivity contribution in [3.8, 4) is 0 Å². The van der Waals surface area contributed by atoms with E-state index in [1.807, 2.05) is 43.3 Å². The second-order valence-electron chi connectivity index (χ2n) is 5.45. The molecule has 0 bridgehead atoms. The average molecular weight is 329 g/mol. The number of halogens is 1. The molecule has 1 aliphatic heterocycles. The van der Waals surface area contributed by atoms with E-state index in [-0.39, 0.29) is 12.1 Å². The second kappa shape index (κ2) is 6.79. The number of hydrogen-bond acceptors (Lipinski definition) is 3. The van der Waals surface area contributed by atoms with Crippen molar-refractivity contribution in [2.45, 2.75) is 19.4 Å². The van der Waals surface area contributed by atoms with Crippen LogP contribution in [0.25, 0.3) is 5.57 Å². The van der Waals surface area contributed by atoms with Crippen LogP contribution in [-0.2, 0) is 0 Å². The third kappa shape index (κ3) is 3.51. The monoisotopic (exact) mass is 328 g/mol. The topological polar surface area (TPSA) is 58.1 Å². The molecular formula is C17H17ClN4O. The maximum Gasteiger partial charge on any atom is 0.322 e. The Balaban J connectivity index is 1.73. The Morgan fingerprint density at radius 1 is 1.35 bits per heavy atom. The quantitative estimate of drug-likeness (QED) is 0.911. The van der Waals surface area contributed by atoms with Gasteiger partial charge in [-0.2, -0.15) is 0 Å². The minimum Gasteiger partial charge on any atom is -0.318 e. The highest BCUT2D eigenvalue weighted by Gasteiger charge is 2.25. The molecular weight excluding hydrogens is 312 g/mol. The Bertz CT molecular complexity index is 732. The number of amides is 2. The van der Waals surface area contributed by atoms with Crippen LogP contribution < -0.4 is 5.32 Å². The van der Waals surface area contributed by atoms with E-state index in [4.69, 9.17) is 11.6 Å². The highest BCUT2D eigenvalue weighted by Crippen LogP contribution is 2.29. The molecule has 3 rings (SSSR count). The van der Waals surface area contributed by atoms with Gasteiger partial charge in [0.2, 0.25) is 0 Å². The summed E-state index contributed by atoms with van der Waals surface area (Å²) in [5.41, 5.74) is 2.59. The van der Waals surface area contributed by atoms with Crippen LogP contribution in [-0.4, -0.2) is 33.5 Å². The van der Waals surface area contributed by atoms with E-state index in [1.54, 1.807) is 11.1 Å². The van der Waals surface area contributed by atoms with E-state index < -0.39 is 0 Å². The van der Waals surface area contributed by atoms with E-state index in [0.717, 1.165) is 17.0 Å².